The van der Waals surface area contributed by atoms with E-state index in [1.54, 1.807) is 12.0 Å². The molecule has 0 radical (unpaired) electrons. The summed E-state index contributed by atoms with van der Waals surface area (Å²) in [6.45, 7) is 1.88. The van der Waals surface area contributed by atoms with Crippen LogP contribution in [-0.2, 0) is 16.1 Å². The van der Waals surface area contributed by atoms with E-state index in [1.807, 2.05) is 18.2 Å². The predicted molar refractivity (Wildman–Crippen MR) is 75.1 cm³/mol. The van der Waals surface area contributed by atoms with Gasteiger partial charge in [-0.05, 0) is 17.7 Å². The van der Waals surface area contributed by atoms with Gasteiger partial charge in [0.05, 0.1) is 19.3 Å². The molecule has 1 amide bonds. The Morgan fingerprint density at radius 2 is 2.37 bits per heavy atom. The summed E-state index contributed by atoms with van der Waals surface area (Å²) in [7, 11) is 1.57. The van der Waals surface area contributed by atoms with Gasteiger partial charge in [-0.15, -0.1) is 0 Å². The summed E-state index contributed by atoms with van der Waals surface area (Å²) in [6.07, 6.45) is 0. The Labute approximate surface area is 117 Å². The standard InChI is InChI=1S/C13H16N2O3S/c1-17-11-6-9(2-3-10(11)13(14)19)7-15-4-5-18-8-12(15)16/h2-3,6H,4-5,7-8H2,1H3,(H2,14,19). The van der Waals surface area contributed by atoms with Crippen molar-refractivity contribution in [3.8, 4) is 5.75 Å². The summed E-state index contributed by atoms with van der Waals surface area (Å²) in [5.74, 6) is 0.634. The lowest BCUT2D eigenvalue weighted by molar-refractivity contribution is -0.143. The molecule has 1 aliphatic rings. The maximum absolute atomic E-state index is 11.7. The van der Waals surface area contributed by atoms with E-state index in [2.05, 4.69) is 0 Å². The van der Waals surface area contributed by atoms with E-state index in [4.69, 9.17) is 27.4 Å². The van der Waals surface area contributed by atoms with Gasteiger partial charge in [-0.3, -0.25) is 4.79 Å². The molecule has 1 aromatic rings. The van der Waals surface area contributed by atoms with E-state index in [9.17, 15) is 4.79 Å². The minimum Gasteiger partial charge on any atom is -0.496 e. The molecule has 1 heterocycles. The molecular formula is C13H16N2O3S. The van der Waals surface area contributed by atoms with Crippen molar-refractivity contribution in [3.05, 3.63) is 29.3 Å². The Balaban J connectivity index is 2.17. The molecule has 19 heavy (non-hydrogen) atoms. The number of rotatable bonds is 4. The number of nitrogens with two attached hydrogens (primary N) is 1. The number of amides is 1. The number of carbonyl (C=O) groups excluding carboxylic acids is 1. The maximum atomic E-state index is 11.7. The van der Waals surface area contributed by atoms with Crippen LogP contribution < -0.4 is 10.5 Å². The van der Waals surface area contributed by atoms with Crippen LogP contribution in [-0.4, -0.2) is 42.7 Å². The Bertz CT molecular complexity index is 505. The van der Waals surface area contributed by atoms with E-state index in [0.717, 1.165) is 5.56 Å². The summed E-state index contributed by atoms with van der Waals surface area (Å²) in [5, 5.41) is 0. The van der Waals surface area contributed by atoms with Gasteiger partial charge in [0, 0.05) is 13.1 Å². The molecular weight excluding hydrogens is 264 g/mol. The van der Waals surface area contributed by atoms with Crippen LogP contribution in [0.1, 0.15) is 11.1 Å². The first-order chi connectivity index (χ1) is 9.11. The molecule has 2 N–H and O–H groups in total. The SMILES string of the molecule is COc1cc(CN2CCOCC2=O)ccc1C(N)=S. The van der Waals surface area contributed by atoms with Crippen molar-refractivity contribution in [2.45, 2.75) is 6.54 Å². The Hall–Kier alpha value is -1.66. The smallest absolute Gasteiger partial charge is 0.248 e. The van der Waals surface area contributed by atoms with Gasteiger partial charge in [-0.25, -0.2) is 0 Å². The van der Waals surface area contributed by atoms with Crippen LogP contribution in [0.25, 0.3) is 0 Å². The molecule has 1 saturated heterocycles. The number of ether oxygens (including phenoxy) is 2. The molecule has 0 atom stereocenters. The van der Waals surface area contributed by atoms with Crippen LogP contribution in [0.2, 0.25) is 0 Å². The fourth-order valence-electron chi connectivity index (χ4n) is 1.98. The number of carbonyl (C=O) groups is 1. The fourth-order valence-corrected chi connectivity index (χ4v) is 2.14. The zero-order valence-electron chi connectivity index (χ0n) is 10.7. The maximum Gasteiger partial charge on any atom is 0.248 e. The summed E-state index contributed by atoms with van der Waals surface area (Å²) >= 11 is 4.96. The lowest BCUT2D eigenvalue weighted by Gasteiger charge is -2.27. The molecule has 2 rings (SSSR count). The molecule has 102 valence electrons. The van der Waals surface area contributed by atoms with Crippen molar-refractivity contribution in [3.63, 3.8) is 0 Å². The average molecular weight is 280 g/mol. The Morgan fingerprint density at radius 1 is 1.58 bits per heavy atom. The van der Waals surface area contributed by atoms with Gasteiger partial charge < -0.3 is 20.1 Å². The van der Waals surface area contributed by atoms with Crippen LogP contribution in [0, 0.1) is 0 Å². The minimum absolute atomic E-state index is 0.00337. The second-order valence-corrected chi connectivity index (χ2v) is 4.71. The number of methoxy groups -OCH3 is 1. The van der Waals surface area contributed by atoms with E-state index in [1.165, 1.54) is 0 Å². The summed E-state index contributed by atoms with van der Waals surface area (Å²) in [5.41, 5.74) is 7.30. The second kappa shape index (κ2) is 5.99. The van der Waals surface area contributed by atoms with Crippen molar-refractivity contribution in [2.24, 2.45) is 5.73 Å². The Kier molecular flexibility index (Phi) is 4.34. The number of hydrogen-bond acceptors (Lipinski definition) is 4. The quantitative estimate of drug-likeness (QED) is 0.822. The zero-order chi connectivity index (χ0) is 13.8. The first-order valence-electron chi connectivity index (χ1n) is 5.94. The van der Waals surface area contributed by atoms with Crippen molar-refractivity contribution in [1.82, 2.24) is 4.90 Å². The molecule has 0 aliphatic carbocycles. The molecule has 0 bridgehead atoms. The van der Waals surface area contributed by atoms with E-state index in [-0.39, 0.29) is 12.5 Å². The number of nitrogens with zero attached hydrogens (tertiary/aromatic N) is 1. The highest BCUT2D eigenvalue weighted by molar-refractivity contribution is 7.80. The van der Waals surface area contributed by atoms with Crippen LogP contribution in [0.15, 0.2) is 18.2 Å². The third-order valence-corrected chi connectivity index (χ3v) is 3.21. The largest absolute Gasteiger partial charge is 0.496 e. The topological polar surface area (TPSA) is 64.8 Å². The lowest BCUT2D eigenvalue weighted by Crippen LogP contribution is -2.40. The normalized spacial score (nSPS) is 15.4. The van der Waals surface area contributed by atoms with Crippen LogP contribution in [0.3, 0.4) is 0 Å². The van der Waals surface area contributed by atoms with Gasteiger partial charge >= 0.3 is 0 Å². The third-order valence-electron chi connectivity index (χ3n) is 2.99. The highest BCUT2D eigenvalue weighted by Gasteiger charge is 2.19. The zero-order valence-corrected chi connectivity index (χ0v) is 11.5. The first kappa shape index (κ1) is 13.8. The molecule has 1 aliphatic heterocycles. The molecule has 5 nitrogen and oxygen atoms in total. The van der Waals surface area contributed by atoms with Crippen LogP contribution in [0.5, 0.6) is 5.75 Å². The van der Waals surface area contributed by atoms with Crippen LogP contribution >= 0.6 is 12.2 Å². The average Bonchev–Trinajstić information content (AvgIpc) is 2.41. The summed E-state index contributed by atoms with van der Waals surface area (Å²) in [6, 6.07) is 5.58. The number of hydrogen-bond donors (Lipinski definition) is 1. The highest BCUT2D eigenvalue weighted by atomic mass is 32.1. The van der Waals surface area contributed by atoms with Gasteiger partial charge in [0.15, 0.2) is 0 Å². The van der Waals surface area contributed by atoms with E-state index >= 15 is 0 Å². The first-order valence-corrected chi connectivity index (χ1v) is 6.35. The van der Waals surface area contributed by atoms with E-state index in [0.29, 0.717) is 36.0 Å². The van der Waals surface area contributed by atoms with Gasteiger partial charge in [0.2, 0.25) is 5.91 Å². The van der Waals surface area contributed by atoms with Gasteiger partial charge in [-0.2, -0.15) is 0 Å². The van der Waals surface area contributed by atoms with Crippen molar-refractivity contribution >= 4 is 23.1 Å². The second-order valence-electron chi connectivity index (χ2n) is 4.27. The van der Waals surface area contributed by atoms with Gasteiger partial charge in [-0.1, -0.05) is 18.3 Å². The highest BCUT2D eigenvalue weighted by Crippen LogP contribution is 2.21. The Morgan fingerprint density at radius 3 is 3.00 bits per heavy atom. The molecule has 0 spiro atoms. The lowest BCUT2D eigenvalue weighted by atomic mass is 10.1. The molecule has 0 unspecified atom stereocenters. The fraction of sp³-hybridized carbons (Fsp3) is 0.385. The summed E-state index contributed by atoms with van der Waals surface area (Å²) < 4.78 is 10.4. The van der Waals surface area contributed by atoms with Gasteiger partial charge in [0.25, 0.3) is 0 Å². The predicted octanol–water partition coefficient (Wildman–Crippen LogP) is 0.688. The van der Waals surface area contributed by atoms with Crippen molar-refractivity contribution in [2.75, 3.05) is 26.9 Å². The van der Waals surface area contributed by atoms with Gasteiger partial charge in [0.1, 0.15) is 17.3 Å². The summed E-state index contributed by atoms with van der Waals surface area (Å²) in [4.78, 5) is 13.7. The van der Waals surface area contributed by atoms with Crippen LogP contribution in [0.4, 0.5) is 0 Å². The third kappa shape index (κ3) is 3.21. The van der Waals surface area contributed by atoms with Crippen molar-refractivity contribution in [1.29, 1.82) is 0 Å². The molecule has 1 fully saturated rings. The molecule has 0 aromatic heterocycles. The number of benzene rings is 1. The monoisotopic (exact) mass is 280 g/mol. The molecule has 6 heteroatoms. The molecule has 0 saturated carbocycles. The number of thiocarbonyl (C=S) groups is 1. The number of morpholine rings is 1. The molecule has 1 aromatic carbocycles. The minimum atomic E-state index is 0.00337. The van der Waals surface area contributed by atoms with E-state index < -0.39 is 0 Å². The van der Waals surface area contributed by atoms with Crippen molar-refractivity contribution < 1.29 is 14.3 Å².